The summed E-state index contributed by atoms with van der Waals surface area (Å²) in [4.78, 5) is 6.47. The number of anilines is 1. The highest BCUT2D eigenvalue weighted by atomic mass is 79.9. The average Bonchev–Trinajstić information content (AvgIpc) is 2.05. The van der Waals surface area contributed by atoms with Gasteiger partial charge in [-0.25, -0.2) is 0 Å². The van der Waals surface area contributed by atoms with Gasteiger partial charge in [-0.1, -0.05) is 13.8 Å². The van der Waals surface area contributed by atoms with Gasteiger partial charge in [0.1, 0.15) is 0 Å². The van der Waals surface area contributed by atoms with Crippen LogP contribution < -0.4 is 4.90 Å². The van der Waals surface area contributed by atoms with Crippen LogP contribution in [0.25, 0.3) is 0 Å². The van der Waals surface area contributed by atoms with Crippen LogP contribution in [0, 0.1) is 11.8 Å². The van der Waals surface area contributed by atoms with Gasteiger partial charge in [0.25, 0.3) is 0 Å². The Morgan fingerprint density at radius 1 is 1.50 bits per heavy atom. The Kier molecular flexibility index (Phi) is 2.77. The lowest BCUT2D eigenvalue weighted by atomic mass is 9.88. The predicted octanol–water partition coefficient (Wildman–Crippen LogP) is 2.94. The molecule has 0 atom stereocenters. The molecule has 3 heteroatoms. The van der Waals surface area contributed by atoms with Gasteiger partial charge in [0.05, 0.1) is 10.2 Å². The fraction of sp³-hybridized carbons (Fsp3) is 0.545. The van der Waals surface area contributed by atoms with E-state index in [0.717, 1.165) is 16.3 Å². The van der Waals surface area contributed by atoms with E-state index in [1.54, 1.807) is 0 Å². The van der Waals surface area contributed by atoms with E-state index in [1.807, 2.05) is 12.4 Å². The molecule has 2 heterocycles. The molecule has 0 N–H and O–H groups in total. The highest BCUT2D eigenvalue weighted by Crippen LogP contribution is 2.33. The number of aromatic nitrogens is 1. The molecule has 0 amide bonds. The van der Waals surface area contributed by atoms with Crippen molar-refractivity contribution in [2.45, 2.75) is 13.8 Å². The summed E-state index contributed by atoms with van der Waals surface area (Å²) in [6.07, 6.45) is 3.71. The second-order valence-corrected chi connectivity index (χ2v) is 5.09. The van der Waals surface area contributed by atoms with Crippen LogP contribution in [0.2, 0.25) is 0 Å². The zero-order valence-corrected chi connectivity index (χ0v) is 10.2. The normalized spacial score (nSPS) is 17.3. The summed E-state index contributed by atoms with van der Waals surface area (Å²) < 4.78 is 1.10. The van der Waals surface area contributed by atoms with Crippen LogP contribution in [0.1, 0.15) is 13.8 Å². The van der Waals surface area contributed by atoms with Gasteiger partial charge >= 0.3 is 0 Å². The van der Waals surface area contributed by atoms with E-state index < -0.39 is 0 Å². The number of halogens is 1. The van der Waals surface area contributed by atoms with E-state index in [2.05, 4.69) is 45.7 Å². The molecule has 0 radical (unpaired) electrons. The molecule has 0 unspecified atom stereocenters. The molecule has 1 aromatic rings. The molecule has 2 nitrogen and oxygen atoms in total. The first kappa shape index (κ1) is 9.97. The second kappa shape index (κ2) is 3.89. The van der Waals surface area contributed by atoms with Crippen molar-refractivity contribution in [1.29, 1.82) is 0 Å². The van der Waals surface area contributed by atoms with Gasteiger partial charge in [0.15, 0.2) is 0 Å². The minimum absolute atomic E-state index is 0.798. The second-order valence-electron chi connectivity index (χ2n) is 4.24. The summed E-state index contributed by atoms with van der Waals surface area (Å²) in [7, 11) is 0. The number of hydrogen-bond donors (Lipinski definition) is 0. The van der Waals surface area contributed by atoms with Gasteiger partial charge in [0.2, 0.25) is 0 Å². The molecule has 0 aromatic carbocycles. The third-order valence-electron chi connectivity index (χ3n) is 2.94. The highest BCUT2D eigenvalue weighted by Gasteiger charge is 2.29. The molecule has 0 bridgehead atoms. The zero-order valence-electron chi connectivity index (χ0n) is 8.57. The van der Waals surface area contributed by atoms with Crippen LogP contribution in [-0.4, -0.2) is 18.1 Å². The Morgan fingerprint density at radius 2 is 2.21 bits per heavy atom. The van der Waals surface area contributed by atoms with E-state index in [1.165, 1.54) is 18.8 Å². The van der Waals surface area contributed by atoms with Crippen LogP contribution >= 0.6 is 15.9 Å². The van der Waals surface area contributed by atoms with Gasteiger partial charge in [-0.2, -0.15) is 0 Å². The SMILES string of the molecule is CC(C)C1CN(c2ccncc2Br)C1. The average molecular weight is 255 g/mol. The number of hydrogen-bond acceptors (Lipinski definition) is 2. The van der Waals surface area contributed by atoms with Crippen molar-refractivity contribution < 1.29 is 0 Å². The zero-order chi connectivity index (χ0) is 10.1. The van der Waals surface area contributed by atoms with Crippen LogP contribution in [0.15, 0.2) is 22.9 Å². The van der Waals surface area contributed by atoms with Crippen molar-refractivity contribution in [2.24, 2.45) is 11.8 Å². The maximum Gasteiger partial charge on any atom is 0.0592 e. The molecule has 0 spiro atoms. The summed E-state index contributed by atoms with van der Waals surface area (Å²) in [5.41, 5.74) is 1.27. The van der Waals surface area contributed by atoms with E-state index in [4.69, 9.17) is 0 Å². The maximum atomic E-state index is 4.07. The predicted molar refractivity (Wildman–Crippen MR) is 62.5 cm³/mol. The van der Waals surface area contributed by atoms with E-state index in [9.17, 15) is 0 Å². The van der Waals surface area contributed by atoms with Crippen molar-refractivity contribution in [1.82, 2.24) is 4.98 Å². The number of pyridine rings is 1. The number of rotatable bonds is 2. The van der Waals surface area contributed by atoms with Gasteiger partial charge in [-0.3, -0.25) is 4.98 Å². The largest absolute Gasteiger partial charge is 0.370 e. The van der Waals surface area contributed by atoms with Crippen LogP contribution in [0.3, 0.4) is 0 Å². The monoisotopic (exact) mass is 254 g/mol. The first-order valence-electron chi connectivity index (χ1n) is 5.03. The van der Waals surface area contributed by atoms with Crippen LogP contribution in [-0.2, 0) is 0 Å². The van der Waals surface area contributed by atoms with E-state index in [0.29, 0.717) is 0 Å². The van der Waals surface area contributed by atoms with E-state index in [-0.39, 0.29) is 0 Å². The minimum atomic E-state index is 0.798. The van der Waals surface area contributed by atoms with Crippen molar-refractivity contribution in [3.63, 3.8) is 0 Å². The topological polar surface area (TPSA) is 16.1 Å². The molecule has 76 valence electrons. The Labute approximate surface area is 93.5 Å². The Morgan fingerprint density at radius 3 is 2.79 bits per heavy atom. The van der Waals surface area contributed by atoms with Crippen LogP contribution in [0.5, 0.6) is 0 Å². The standard InChI is InChI=1S/C11H15BrN2/c1-8(2)9-6-14(7-9)11-3-4-13-5-10(11)12/h3-5,8-9H,6-7H2,1-2H3. The Bertz CT molecular complexity index is 319. The van der Waals surface area contributed by atoms with Gasteiger partial charge in [-0.15, -0.1) is 0 Å². The van der Waals surface area contributed by atoms with Gasteiger partial charge < -0.3 is 4.90 Å². The molecule has 14 heavy (non-hydrogen) atoms. The molecule has 1 aliphatic rings. The fourth-order valence-electron chi connectivity index (χ4n) is 1.76. The Balaban J connectivity index is 2.03. The lowest BCUT2D eigenvalue weighted by Gasteiger charge is -2.43. The molecular weight excluding hydrogens is 240 g/mol. The van der Waals surface area contributed by atoms with Crippen molar-refractivity contribution in [3.8, 4) is 0 Å². The van der Waals surface area contributed by atoms with Gasteiger partial charge in [0, 0.05) is 25.5 Å². The summed E-state index contributed by atoms with van der Waals surface area (Å²) in [6.45, 7) is 6.95. The molecule has 1 fully saturated rings. The van der Waals surface area contributed by atoms with Crippen molar-refractivity contribution in [3.05, 3.63) is 22.9 Å². The molecule has 2 rings (SSSR count). The first-order valence-corrected chi connectivity index (χ1v) is 5.82. The summed E-state index contributed by atoms with van der Waals surface area (Å²) >= 11 is 3.52. The highest BCUT2D eigenvalue weighted by molar-refractivity contribution is 9.10. The third kappa shape index (κ3) is 1.78. The lowest BCUT2D eigenvalue weighted by Crippen LogP contribution is -2.49. The maximum absolute atomic E-state index is 4.07. The van der Waals surface area contributed by atoms with Crippen LogP contribution in [0.4, 0.5) is 5.69 Å². The molecule has 0 saturated carbocycles. The van der Waals surface area contributed by atoms with Gasteiger partial charge in [-0.05, 0) is 33.8 Å². The summed E-state index contributed by atoms with van der Waals surface area (Å²) in [5, 5.41) is 0. The Hall–Kier alpha value is -0.570. The minimum Gasteiger partial charge on any atom is -0.370 e. The summed E-state index contributed by atoms with van der Waals surface area (Å²) in [5.74, 6) is 1.65. The number of nitrogens with zero attached hydrogens (tertiary/aromatic N) is 2. The molecule has 1 aliphatic heterocycles. The molecule has 0 aliphatic carbocycles. The molecule has 1 saturated heterocycles. The fourth-order valence-corrected chi connectivity index (χ4v) is 2.26. The van der Waals surface area contributed by atoms with E-state index >= 15 is 0 Å². The third-order valence-corrected chi connectivity index (χ3v) is 3.56. The molecular formula is C11H15BrN2. The van der Waals surface area contributed by atoms with Crippen molar-refractivity contribution in [2.75, 3.05) is 18.0 Å². The first-order chi connectivity index (χ1) is 6.68. The summed E-state index contributed by atoms with van der Waals surface area (Å²) in [6, 6.07) is 2.07. The quantitative estimate of drug-likeness (QED) is 0.807. The van der Waals surface area contributed by atoms with Crippen molar-refractivity contribution >= 4 is 21.6 Å². The lowest BCUT2D eigenvalue weighted by molar-refractivity contribution is 0.309. The smallest absolute Gasteiger partial charge is 0.0592 e. The molecule has 1 aromatic heterocycles.